The molecule has 41 heavy (non-hydrogen) atoms. The van der Waals surface area contributed by atoms with Gasteiger partial charge in [-0.15, -0.1) is 0 Å². The Hall–Kier alpha value is -3.47. The van der Waals surface area contributed by atoms with Crippen LogP contribution in [0.2, 0.25) is 0 Å². The lowest BCUT2D eigenvalue weighted by molar-refractivity contribution is 0.0927. The van der Waals surface area contributed by atoms with Gasteiger partial charge >= 0.3 is 0 Å². The minimum Gasteiger partial charge on any atom is -0.451 e. The van der Waals surface area contributed by atoms with Crippen molar-refractivity contribution >= 4 is 22.5 Å². The molecule has 0 saturated carbocycles. The molecule has 0 aliphatic carbocycles. The van der Waals surface area contributed by atoms with Crippen molar-refractivity contribution in [3.8, 4) is 17.2 Å². The molecule has 0 radical (unpaired) electrons. The second-order valence-electron chi connectivity index (χ2n) is 12.3. The standard InChI is InChI=1S/C31H41FN6O3/c1-31(2,20-35(3)4)19-34-30(40)22-18-38-24-9-6-7-10-25(24)41-29-26(23(32)17-21(27(29)38)28(22)39)33-11-8-12-37-15-13-36(5)14-16-37/h6-7,9-10,17-18,33H,8,11-16,19-20H2,1-5H3,(H,34,40). The van der Waals surface area contributed by atoms with E-state index in [2.05, 4.69) is 46.2 Å². The molecule has 1 amide bonds. The molecule has 3 aromatic rings. The summed E-state index contributed by atoms with van der Waals surface area (Å²) >= 11 is 0. The number of fused-ring (bicyclic) bond motifs is 2. The first kappa shape index (κ1) is 29.0. The number of carbonyl (C=O) groups is 1. The number of hydrogen-bond acceptors (Lipinski definition) is 7. The van der Waals surface area contributed by atoms with Crippen LogP contribution in [0.3, 0.4) is 0 Å². The quantitative estimate of drug-likeness (QED) is 0.285. The minimum absolute atomic E-state index is 0.0342. The minimum atomic E-state index is -0.584. The number of para-hydroxylation sites is 2. The number of ether oxygens (including phenoxy) is 1. The van der Waals surface area contributed by atoms with E-state index in [4.69, 9.17) is 4.74 Å². The Balaban J connectivity index is 1.45. The Kier molecular flexibility index (Phi) is 8.35. The molecule has 0 bridgehead atoms. The third kappa shape index (κ3) is 6.24. The zero-order valence-corrected chi connectivity index (χ0v) is 24.7. The summed E-state index contributed by atoms with van der Waals surface area (Å²) in [5, 5.41) is 6.27. The van der Waals surface area contributed by atoms with Crippen LogP contribution >= 0.6 is 0 Å². The monoisotopic (exact) mass is 564 g/mol. The van der Waals surface area contributed by atoms with Gasteiger partial charge < -0.3 is 34.6 Å². The number of hydrogen-bond donors (Lipinski definition) is 2. The van der Waals surface area contributed by atoms with Gasteiger partial charge in [0.05, 0.1) is 11.1 Å². The van der Waals surface area contributed by atoms with E-state index in [9.17, 15) is 9.59 Å². The molecule has 0 atom stereocenters. The summed E-state index contributed by atoms with van der Waals surface area (Å²) in [6.45, 7) is 10.9. The predicted octanol–water partition coefficient (Wildman–Crippen LogP) is 3.60. The Morgan fingerprint density at radius 3 is 2.61 bits per heavy atom. The van der Waals surface area contributed by atoms with Crippen molar-refractivity contribution in [1.29, 1.82) is 0 Å². The van der Waals surface area contributed by atoms with Crippen molar-refractivity contribution < 1.29 is 13.9 Å². The molecular weight excluding hydrogens is 523 g/mol. The number of benzene rings is 2. The highest BCUT2D eigenvalue weighted by atomic mass is 19.1. The van der Waals surface area contributed by atoms with Gasteiger partial charge in [0.2, 0.25) is 5.43 Å². The van der Waals surface area contributed by atoms with E-state index in [-0.39, 0.29) is 27.8 Å². The van der Waals surface area contributed by atoms with Crippen LogP contribution in [0, 0.1) is 11.2 Å². The lowest BCUT2D eigenvalue weighted by Gasteiger charge is -2.32. The number of likely N-dealkylation sites (N-methyl/N-ethyl adjacent to an activating group) is 1. The molecule has 0 unspecified atom stereocenters. The van der Waals surface area contributed by atoms with Crippen LogP contribution in [0.4, 0.5) is 10.1 Å². The number of nitrogens with one attached hydrogen (secondary N) is 2. The Morgan fingerprint density at radius 2 is 1.88 bits per heavy atom. The second kappa shape index (κ2) is 11.8. The van der Waals surface area contributed by atoms with Crippen molar-refractivity contribution in [1.82, 2.24) is 24.6 Å². The van der Waals surface area contributed by atoms with Crippen LogP contribution in [0.15, 0.2) is 41.3 Å². The zero-order chi connectivity index (χ0) is 29.3. The average molecular weight is 565 g/mol. The van der Waals surface area contributed by atoms with Crippen LogP contribution in [0.1, 0.15) is 30.6 Å². The number of halogens is 1. The van der Waals surface area contributed by atoms with Crippen molar-refractivity contribution in [2.75, 3.05) is 78.8 Å². The molecule has 2 aromatic carbocycles. The second-order valence-corrected chi connectivity index (χ2v) is 12.3. The SMILES string of the molecule is CN(C)CC(C)(C)CNC(=O)c1cn2c3c(c(NCCCN4CCN(C)CC4)c(F)cc3c1=O)Oc1ccccc1-2. The van der Waals surface area contributed by atoms with Crippen LogP contribution in [0.25, 0.3) is 16.6 Å². The molecule has 9 nitrogen and oxygen atoms in total. The highest BCUT2D eigenvalue weighted by molar-refractivity contribution is 6.01. The fourth-order valence-corrected chi connectivity index (χ4v) is 5.81. The van der Waals surface area contributed by atoms with Crippen LogP contribution < -0.4 is 20.8 Å². The van der Waals surface area contributed by atoms with Gasteiger partial charge in [0, 0.05) is 52.0 Å². The molecule has 220 valence electrons. The highest BCUT2D eigenvalue weighted by Gasteiger charge is 2.29. The third-order valence-corrected chi connectivity index (χ3v) is 7.80. The van der Waals surface area contributed by atoms with Crippen LogP contribution in [-0.4, -0.2) is 98.7 Å². The molecule has 1 fully saturated rings. The number of rotatable bonds is 10. The van der Waals surface area contributed by atoms with E-state index in [1.807, 2.05) is 32.3 Å². The summed E-state index contributed by atoms with van der Waals surface area (Å²) < 4.78 is 23.6. The van der Waals surface area contributed by atoms with Gasteiger partial charge in [-0.25, -0.2) is 4.39 Å². The van der Waals surface area contributed by atoms with Crippen molar-refractivity contribution in [2.24, 2.45) is 5.41 Å². The predicted molar refractivity (Wildman–Crippen MR) is 161 cm³/mol. The lowest BCUT2D eigenvalue weighted by atomic mass is 9.93. The van der Waals surface area contributed by atoms with Crippen molar-refractivity contribution in [3.63, 3.8) is 0 Å². The Bertz CT molecular complexity index is 1490. The maximum absolute atomic E-state index is 15.7. The summed E-state index contributed by atoms with van der Waals surface area (Å²) in [6.07, 6.45) is 2.40. The molecule has 2 aliphatic rings. The number of piperazine rings is 1. The van der Waals surface area contributed by atoms with Gasteiger partial charge in [-0.1, -0.05) is 26.0 Å². The van der Waals surface area contributed by atoms with E-state index >= 15 is 4.39 Å². The van der Waals surface area contributed by atoms with Gasteiger partial charge in [0.1, 0.15) is 16.8 Å². The first-order chi connectivity index (χ1) is 19.5. The Morgan fingerprint density at radius 1 is 1.15 bits per heavy atom. The lowest BCUT2D eigenvalue weighted by Crippen LogP contribution is -2.44. The maximum atomic E-state index is 15.7. The first-order valence-electron chi connectivity index (χ1n) is 14.3. The third-order valence-electron chi connectivity index (χ3n) is 7.80. The summed E-state index contributed by atoms with van der Waals surface area (Å²) in [4.78, 5) is 33.7. The summed E-state index contributed by atoms with van der Waals surface area (Å²) in [6, 6.07) is 8.59. The van der Waals surface area contributed by atoms with Crippen LogP contribution in [-0.2, 0) is 0 Å². The molecule has 3 heterocycles. The molecule has 0 spiro atoms. The summed E-state index contributed by atoms with van der Waals surface area (Å²) in [7, 11) is 6.09. The van der Waals surface area contributed by atoms with E-state index < -0.39 is 17.2 Å². The maximum Gasteiger partial charge on any atom is 0.256 e. The van der Waals surface area contributed by atoms with Gasteiger partial charge in [-0.2, -0.15) is 0 Å². The summed E-state index contributed by atoms with van der Waals surface area (Å²) in [5.74, 6) is -0.284. The van der Waals surface area contributed by atoms with Crippen LogP contribution in [0.5, 0.6) is 11.5 Å². The van der Waals surface area contributed by atoms with Gasteiger partial charge in [-0.3, -0.25) is 9.59 Å². The topological polar surface area (TPSA) is 82.1 Å². The fourth-order valence-electron chi connectivity index (χ4n) is 5.81. The smallest absolute Gasteiger partial charge is 0.256 e. The number of nitrogens with zero attached hydrogens (tertiary/aromatic N) is 4. The number of amides is 1. The van der Waals surface area contributed by atoms with E-state index in [1.54, 1.807) is 16.8 Å². The molecule has 5 rings (SSSR count). The average Bonchev–Trinajstić information content (AvgIpc) is 2.92. The van der Waals surface area contributed by atoms with E-state index in [0.29, 0.717) is 30.0 Å². The molecule has 10 heteroatoms. The van der Waals surface area contributed by atoms with Gasteiger partial charge in [-0.05, 0) is 57.7 Å². The first-order valence-corrected chi connectivity index (χ1v) is 14.3. The molecule has 2 aliphatic heterocycles. The highest BCUT2D eigenvalue weighted by Crippen LogP contribution is 2.45. The number of anilines is 1. The van der Waals surface area contributed by atoms with E-state index in [0.717, 1.165) is 45.7 Å². The van der Waals surface area contributed by atoms with Gasteiger partial charge in [0.25, 0.3) is 5.91 Å². The Labute approximate surface area is 240 Å². The largest absolute Gasteiger partial charge is 0.451 e. The van der Waals surface area contributed by atoms with Gasteiger partial charge in [0.15, 0.2) is 17.3 Å². The molecule has 1 saturated heterocycles. The number of carbonyl (C=O) groups excluding carboxylic acids is 1. The molecule has 1 aromatic heterocycles. The fraction of sp³-hybridized carbons (Fsp3) is 0.484. The molecule has 2 N–H and O–H groups in total. The molecular formula is C31H41FN6O3. The number of aromatic nitrogens is 1. The normalized spacial score (nSPS) is 15.6. The van der Waals surface area contributed by atoms with Crippen molar-refractivity contribution in [3.05, 3.63) is 58.1 Å². The van der Waals surface area contributed by atoms with Crippen molar-refractivity contribution in [2.45, 2.75) is 20.3 Å². The number of pyridine rings is 1. The van der Waals surface area contributed by atoms with E-state index in [1.165, 1.54) is 6.07 Å². The summed E-state index contributed by atoms with van der Waals surface area (Å²) in [5.41, 5.74) is 0.587. The zero-order valence-electron chi connectivity index (χ0n) is 24.7.